The van der Waals surface area contributed by atoms with Gasteiger partial charge in [-0.1, -0.05) is 0 Å². The Morgan fingerprint density at radius 3 is 2.38 bits per heavy atom. The lowest BCUT2D eigenvalue weighted by Crippen LogP contribution is -2.51. The Morgan fingerprint density at radius 1 is 1.62 bits per heavy atom. The summed E-state index contributed by atoms with van der Waals surface area (Å²) >= 11 is 0. The van der Waals surface area contributed by atoms with E-state index < -0.39 is 30.5 Å². The lowest BCUT2D eigenvalue weighted by molar-refractivity contribution is -0.126. The minimum Gasteiger partial charge on any atom is -0.385 e. The zero-order chi connectivity index (χ0) is 10.6. The van der Waals surface area contributed by atoms with E-state index in [1.54, 1.807) is 0 Å². The smallest absolute Gasteiger partial charge is 0.265 e. The third-order valence-electron chi connectivity index (χ3n) is 1.35. The van der Waals surface area contributed by atoms with Crippen LogP contribution >= 0.6 is 0 Å². The van der Waals surface area contributed by atoms with Crippen molar-refractivity contribution in [2.45, 2.75) is 31.9 Å². The number of hydrogen-bond donors (Lipinski definition) is 3. The molecule has 4 N–H and O–H groups in total. The van der Waals surface area contributed by atoms with Crippen LogP contribution in [0.3, 0.4) is 0 Å². The van der Waals surface area contributed by atoms with Gasteiger partial charge in [-0.2, -0.15) is 0 Å². The SMILES string of the molecule is CC(C)(N)C(=O)NCC(O)C(F)F. The highest BCUT2D eigenvalue weighted by molar-refractivity contribution is 5.85. The van der Waals surface area contributed by atoms with E-state index in [0.717, 1.165) is 0 Å². The number of carbonyl (C=O) groups is 1. The Hall–Kier alpha value is -0.750. The van der Waals surface area contributed by atoms with E-state index in [1.165, 1.54) is 13.8 Å². The van der Waals surface area contributed by atoms with Gasteiger partial charge in [-0.05, 0) is 13.8 Å². The fourth-order valence-electron chi connectivity index (χ4n) is 0.514. The minimum atomic E-state index is -2.86. The summed E-state index contributed by atoms with van der Waals surface area (Å²) in [6.45, 7) is 2.39. The number of halogens is 2. The van der Waals surface area contributed by atoms with Crippen LogP contribution in [-0.4, -0.2) is 35.6 Å². The fraction of sp³-hybridized carbons (Fsp3) is 0.857. The molecule has 0 spiro atoms. The molecular weight excluding hydrogens is 182 g/mol. The quantitative estimate of drug-likeness (QED) is 0.565. The first-order chi connectivity index (χ1) is 5.75. The van der Waals surface area contributed by atoms with Crippen LogP contribution in [0.4, 0.5) is 8.78 Å². The second kappa shape index (κ2) is 4.48. The molecule has 13 heavy (non-hydrogen) atoms. The molecule has 4 nitrogen and oxygen atoms in total. The van der Waals surface area contributed by atoms with E-state index in [1.807, 2.05) is 0 Å². The number of hydrogen-bond acceptors (Lipinski definition) is 3. The van der Waals surface area contributed by atoms with Gasteiger partial charge in [-0.3, -0.25) is 4.79 Å². The van der Waals surface area contributed by atoms with Crippen molar-refractivity contribution >= 4 is 5.91 Å². The van der Waals surface area contributed by atoms with Crippen LogP contribution < -0.4 is 11.1 Å². The number of alkyl halides is 2. The maximum atomic E-state index is 11.7. The molecule has 0 fully saturated rings. The van der Waals surface area contributed by atoms with Crippen molar-refractivity contribution in [3.63, 3.8) is 0 Å². The second-order valence-corrected chi connectivity index (χ2v) is 3.33. The molecule has 0 aliphatic carbocycles. The molecule has 1 unspecified atom stereocenters. The van der Waals surface area contributed by atoms with Crippen LogP contribution in [0.15, 0.2) is 0 Å². The number of nitrogens with two attached hydrogens (primary N) is 1. The number of carbonyl (C=O) groups excluding carboxylic acids is 1. The van der Waals surface area contributed by atoms with E-state index in [2.05, 4.69) is 5.32 Å². The molecule has 78 valence electrons. The molecule has 1 atom stereocenters. The van der Waals surface area contributed by atoms with Crippen molar-refractivity contribution in [3.8, 4) is 0 Å². The monoisotopic (exact) mass is 196 g/mol. The Balaban J connectivity index is 3.84. The molecule has 0 bridgehead atoms. The number of rotatable bonds is 4. The summed E-state index contributed by atoms with van der Waals surface area (Å²) in [7, 11) is 0. The van der Waals surface area contributed by atoms with Gasteiger partial charge in [0, 0.05) is 6.54 Å². The molecule has 0 rings (SSSR count). The third kappa shape index (κ3) is 4.74. The van der Waals surface area contributed by atoms with Crippen LogP contribution in [0.1, 0.15) is 13.8 Å². The predicted molar refractivity (Wildman–Crippen MR) is 43.3 cm³/mol. The summed E-state index contributed by atoms with van der Waals surface area (Å²) in [6.07, 6.45) is -4.70. The third-order valence-corrected chi connectivity index (χ3v) is 1.35. The van der Waals surface area contributed by atoms with Gasteiger partial charge in [-0.15, -0.1) is 0 Å². The summed E-state index contributed by atoms with van der Waals surface area (Å²) in [4.78, 5) is 11.0. The first kappa shape index (κ1) is 12.2. The number of aliphatic hydroxyl groups is 1. The summed E-state index contributed by atoms with van der Waals surface area (Å²) in [5.74, 6) is -0.577. The predicted octanol–water partition coefficient (Wildman–Crippen LogP) is -0.534. The standard InChI is InChI=1S/C7H14F2N2O2/c1-7(2,10)6(13)11-3-4(12)5(8)9/h4-5,12H,3,10H2,1-2H3,(H,11,13). The molecule has 0 aliphatic rings. The number of nitrogens with one attached hydrogen (secondary N) is 1. The van der Waals surface area contributed by atoms with Crippen LogP contribution in [0.25, 0.3) is 0 Å². The van der Waals surface area contributed by atoms with E-state index in [9.17, 15) is 13.6 Å². The van der Waals surface area contributed by atoms with Crippen molar-refractivity contribution in [2.24, 2.45) is 5.73 Å². The number of amides is 1. The molecule has 0 aliphatic heterocycles. The van der Waals surface area contributed by atoms with Gasteiger partial charge < -0.3 is 16.2 Å². The van der Waals surface area contributed by atoms with Crippen LogP contribution in [0.2, 0.25) is 0 Å². The van der Waals surface area contributed by atoms with Gasteiger partial charge >= 0.3 is 0 Å². The molecule has 6 heteroatoms. The molecule has 0 aromatic heterocycles. The van der Waals surface area contributed by atoms with Crippen molar-refractivity contribution in [1.82, 2.24) is 5.32 Å². The van der Waals surface area contributed by atoms with E-state index >= 15 is 0 Å². The Kier molecular flexibility index (Phi) is 4.22. The second-order valence-electron chi connectivity index (χ2n) is 3.33. The lowest BCUT2D eigenvalue weighted by Gasteiger charge is -2.19. The highest BCUT2D eigenvalue weighted by Crippen LogP contribution is 2.00. The Labute approximate surface area is 75.1 Å². The Morgan fingerprint density at radius 2 is 2.08 bits per heavy atom. The molecular formula is C7H14F2N2O2. The van der Waals surface area contributed by atoms with Gasteiger partial charge in [0.05, 0.1) is 5.54 Å². The van der Waals surface area contributed by atoms with E-state index in [0.29, 0.717) is 0 Å². The maximum absolute atomic E-state index is 11.7. The molecule has 0 aromatic rings. The van der Waals surface area contributed by atoms with E-state index in [4.69, 9.17) is 10.8 Å². The zero-order valence-corrected chi connectivity index (χ0v) is 7.55. The van der Waals surface area contributed by atoms with Gasteiger partial charge in [-0.25, -0.2) is 8.78 Å². The molecule has 0 saturated carbocycles. The first-order valence-corrected chi connectivity index (χ1v) is 3.78. The van der Waals surface area contributed by atoms with Crippen molar-refractivity contribution < 1.29 is 18.7 Å². The highest BCUT2D eigenvalue weighted by Gasteiger charge is 2.24. The molecule has 0 radical (unpaired) electrons. The van der Waals surface area contributed by atoms with Gasteiger partial charge in [0.2, 0.25) is 5.91 Å². The summed E-state index contributed by atoms with van der Waals surface area (Å²) in [5.41, 5.74) is 4.24. The molecule has 0 saturated heterocycles. The van der Waals surface area contributed by atoms with Crippen molar-refractivity contribution in [1.29, 1.82) is 0 Å². The largest absolute Gasteiger partial charge is 0.385 e. The van der Waals surface area contributed by atoms with Crippen LogP contribution in [0, 0.1) is 0 Å². The van der Waals surface area contributed by atoms with Crippen LogP contribution in [0.5, 0.6) is 0 Å². The van der Waals surface area contributed by atoms with Crippen LogP contribution in [-0.2, 0) is 4.79 Å². The van der Waals surface area contributed by atoms with Gasteiger partial charge in [0.15, 0.2) is 0 Å². The Bertz CT molecular complexity index is 180. The van der Waals surface area contributed by atoms with E-state index in [-0.39, 0.29) is 0 Å². The molecule has 0 heterocycles. The first-order valence-electron chi connectivity index (χ1n) is 3.78. The summed E-state index contributed by atoms with van der Waals surface area (Å²) < 4.78 is 23.5. The summed E-state index contributed by atoms with van der Waals surface area (Å²) in [5, 5.41) is 10.7. The van der Waals surface area contributed by atoms with Crippen molar-refractivity contribution in [3.05, 3.63) is 0 Å². The van der Waals surface area contributed by atoms with Gasteiger partial charge in [0.25, 0.3) is 6.43 Å². The highest BCUT2D eigenvalue weighted by atomic mass is 19.3. The molecule has 1 amide bonds. The van der Waals surface area contributed by atoms with Gasteiger partial charge in [0.1, 0.15) is 6.10 Å². The lowest BCUT2D eigenvalue weighted by atomic mass is 10.1. The summed E-state index contributed by atoms with van der Waals surface area (Å²) in [6, 6.07) is 0. The molecule has 0 aromatic carbocycles. The zero-order valence-electron chi connectivity index (χ0n) is 7.55. The average Bonchev–Trinajstić information content (AvgIpc) is 1.97. The fourth-order valence-corrected chi connectivity index (χ4v) is 0.514. The van der Waals surface area contributed by atoms with Crippen molar-refractivity contribution in [2.75, 3.05) is 6.54 Å². The topological polar surface area (TPSA) is 75.4 Å². The normalized spacial score (nSPS) is 14.4. The average molecular weight is 196 g/mol. The maximum Gasteiger partial charge on any atom is 0.265 e. The number of aliphatic hydroxyl groups excluding tert-OH is 1. The minimum absolute atomic E-state index is 0.489.